The SMILES string of the molecule is CCc1ccc(C(Br)C2CC2(C)C)cc1CC. The van der Waals surface area contributed by atoms with E-state index in [1.165, 1.54) is 23.1 Å². The number of hydrogen-bond acceptors (Lipinski definition) is 0. The van der Waals surface area contributed by atoms with Crippen molar-refractivity contribution in [2.75, 3.05) is 0 Å². The highest BCUT2D eigenvalue weighted by Gasteiger charge is 2.49. The van der Waals surface area contributed by atoms with Crippen molar-refractivity contribution in [1.82, 2.24) is 0 Å². The molecule has 0 radical (unpaired) electrons. The standard InChI is InChI=1S/C16H23Br/c1-5-11-7-8-13(9-12(11)6-2)15(17)14-10-16(14,3)4/h7-9,14-15H,5-6,10H2,1-4H3. The third kappa shape index (κ3) is 2.59. The van der Waals surface area contributed by atoms with Gasteiger partial charge in [-0.1, -0.05) is 61.8 Å². The number of aryl methyl sites for hydroxylation is 2. The van der Waals surface area contributed by atoms with E-state index in [1.807, 2.05) is 0 Å². The Labute approximate surface area is 114 Å². The van der Waals surface area contributed by atoms with Crippen molar-refractivity contribution in [2.24, 2.45) is 11.3 Å². The fourth-order valence-electron chi connectivity index (χ4n) is 2.73. The molecule has 2 rings (SSSR count). The van der Waals surface area contributed by atoms with Gasteiger partial charge in [0.1, 0.15) is 0 Å². The largest absolute Gasteiger partial charge is 0.0836 e. The summed E-state index contributed by atoms with van der Waals surface area (Å²) >= 11 is 3.90. The Balaban J connectivity index is 2.22. The second-order valence-electron chi connectivity index (χ2n) is 5.94. The average Bonchev–Trinajstić information content (AvgIpc) is 2.96. The fraction of sp³-hybridized carbons (Fsp3) is 0.625. The van der Waals surface area contributed by atoms with Crippen LogP contribution in [0.15, 0.2) is 18.2 Å². The van der Waals surface area contributed by atoms with Crippen LogP contribution in [0.3, 0.4) is 0 Å². The highest BCUT2D eigenvalue weighted by atomic mass is 79.9. The van der Waals surface area contributed by atoms with Gasteiger partial charge in [-0.3, -0.25) is 0 Å². The molecule has 1 saturated carbocycles. The molecule has 17 heavy (non-hydrogen) atoms. The van der Waals surface area contributed by atoms with Crippen molar-refractivity contribution in [3.63, 3.8) is 0 Å². The zero-order chi connectivity index (χ0) is 12.6. The van der Waals surface area contributed by atoms with E-state index in [9.17, 15) is 0 Å². The Bertz CT molecular complexity index is 406. The Hall–Kier alpha value is -0.300. The van der Waals surface area contributed by atoms with Crippen LogP contribution in [0.2, 0.25) is 0 Å². The van der Waals surface area contributed by atoms with Gasteiger partial charge in [0.05, 0.1) is 0 Å². The van der Waals surface area contributed by atoms with E-state index in [4.69, 9.17) is 0 Å². The van der Waals surface area contributed by atoms with Crippen LogP contribution in [0.4, 0.5) is 0 Å². The average molecular weight is 295 g/mol. The summed E-state index contributed by atoms with van der Waals surface area (Å²) in [6, 6.07) is 7.04. The van der Waals surface area contributed by atoms with Crippen molar-refractivity contribution in [3.8, 4) is 0 Å². The molecule has 1 aromatic carbocycles. The number of halogens is 1. The minimum absolute atomic E-state index is 0.532. The highest BCUT2D eigenvalue weighted by molar-refractivity contribution is 9.09. The first-order valence-corrected chi connectivity index (χ1v) is 7.67. The van der Waals surface area contributed by atoms with E-state index in [0.29, 0.717) is 10.2 Å². The molecule has 0 amide bonds. The lowest BCUT2D eigenvalue weighted by Crippen LogP contribution is -2.01. The summed E-state index contributed by atoms with van der Waals surface area (Å²) < 4.78 is 0. The van der Waals surface area contributed by atoms with Crippen LogP contribution in [-0.4, -0.2) is 0 Å². The second kappa shape index (κ2) is 4.76. The maximum Gasteiger partial charge on any atom is 0.0428 e. The normalized spacial score (nSPS) is 23.5. The molecule has 1 aliphatic rings. The van der Waals surface area contributed by atoms with Crippen LogP contribution in [0.5, 0.6) is 0 Å². The molecular formula is C16H23Br. The molecule has 0 heterocycles. The van der Waals surface area contributed by atoms with Crippen LogP contribution in [0, 0.1) is 11.3 Å². The molecule has 1 fully saturated rings. The van der Waals surface area contributed by atoms with E-state index >= 15 is 0 Å². The number of alkyl halides is 1. The first kappa shape index (κ1) is 13.1. The molecule has 0 aromatic heterocycles. The smallest absolute Gasteiger partial charge is 0.0428 e. The van der Waals surface area contributed by atoms with Crippen molar-refractivity contribution in [3.05, 3.63) is 34.9 Å². The molecule has 0 saturated heterocycles. The maximum atomic E-state index is 3.90. The van der Waals surface area contributed by atoms with Gasteiger partial charge in [-0.2, -0.15) is 0 Å². The van der Waals surface area contributed by atoms with Gasteiger partial charge >= 0.3 is 0 Å². The summed E-state index contributed by atoms with van der Waals surface area (Å²) in [5.74, 6) is 0.805. The summed E-state index contributed by atoms with van der Waals surface area (Å²) in [7, 11) is 0. The van der Waals surface area contributed by atoms with E-state index < -0.39 is 0 Å². The molecule has 0 N–H and O–H groups in total. The predicted molar refractivity (Wildman–Crippen MR) is 78.8 cm³/mol. The first-order chi connectivity index (χ1) is 7.99. The minimum Gasteiger partial charge on any atom is -0.0836 e. The van der Waals surface area contributed by atoms with Crippen molar-refractivity contribution in [1.29, 1.82) is 0 Å². The molecular weight excluding hydrogens is 272 g/mol. The number of benzene rings is 1. The maximum absolute atomic E-state index is 3.90. The van der Waals surface area contributed by atoms with Crippen LogP contribution < -0.4 is 0 Å². The van der Waals surface area contributed by atoms with Crippen molar-refractivity contribution >= 4 is 15.9 Å². The number of rotatable bonds is 4. The van der Waals surface area contributed by atoms with E-state index in [1.54, 1.807) is 0 Å². The predicted octanol–water partition coefficient (Wildman–Crippen LogP) is 5.29. The highest BCUT2D eigenvalue weighted by Crippen LogP contribution is 2.60. The van der Waals surface area contributed by atoms with E-state index in [2.05, 4.69) is 61.8 Å². The van der Waals surface area contributed by atoms with Gasteiger partial charge in [0, 0.05) is 4.83 Å². The lowest BCUT2D eigenvalue weighted by Gasteiger charge is -2.15. The minimum atomic E-state index is 0.532. The summed E-state index contributed by atoms with van der Waals surface area (Å²) in [5, 5.41) is 0. The summed E-state index contributed by atoms with van der Waals surface area (Å²) in [6.45, 7) is 9.23. The molecule has 2 unspecified atom stereocenters. The Kier molecular flexibility index (Phi) is 3.68. The van der Waals surface area contributed by atoms with E-state index in [-0.39, 0.29) is 0 Å². The molecule has 1 aromatic rings. The summed E-state index contributed by atoms with van der Waals surface area (Å²) in [6.07, 6.45) is 3.63. The topological polar surface area (TPSA) is 0 Å². The van der Waals surface area contributed by atoms with Gasteiger partial charge in [0.25, 0.3) is 0 Å². The lowest BCUT2D eigenvalue weighted by atomic mass is 9.96. The summed E-state index contributed by atoms with van der Waals surface area (Å²) in [5.41, 5.74) is 5.03. The molecule has 1 heteroatoms. The fourth-order valence-corrected chi connectivity index (χ4v) is 3.92. The second-order valence-corrected chi connectivity index (χ2v) is 6.92. The monoisotopic (exact) mass is 294 g/mol. The zero-order valence-corrected chi connectivity index (χ0v) is 13.0. The molecule has 0 nitrogen and oxygen atoms in total. The van der Waals surface area contributed by atoms with E-state index in [0.717, 1.165) is 18.8 Å². The Morgan fingerprint density at radius 3 is 2.29 bits per heavy atom. The molecule has 0 spiro atoms. The van der Waals surface area contributed by atoms with Gasteiger partial charge in [-0.15, -0.1) is 0 Å². The lowest BCUT2D eigenvalue weighted by molar-refractivity contribution is 0.555. The van der Waals surface area contributed by atoms with Crippen LogP contribution in [-0.2, 0) is 12.8 Å². The number of hydrogen-bond donors (Lipinski definition) is 0. The molecule has 94 valence electrons. The van der Waals surface area contributed by atoms with Crippen LogP contribution in [0.25, 0.3) is 0 Å². The third-order valence-corrected chi connectivity index (χ3v) is 5.42. The first-order valence-electron chi connectivity index (χ1n) is 6.75. The van der Waals surface area contributed by atoms with Gasteiger partial charge < -0.3 is 0 Å². The van der Waals surface area contributed by atoms with Crippen molar-refractivity contribution < 1.29 is 0 Å². The van der Waals surface area contributed by atoms with Gasteiger partial charge in [0.15, 0.2) is 0 Å². The van der Waals surface area contributed by atoms with Crippen LogP contribution >= 0.6 is 15.9 Å². The quantitative estimate of drug-likeness (QED) is 0.662. The Morgan fingerprint density at radius 1 is 1.24 bits per heavy atom. The molecule has 1 aliphatic carbocycles. The van der Waals surface area contributed by atoms with Gasteiger partial charge in [-0.25, -0.2) is 0 Å². The van der Waals surface area contributed by atoms with Crippen molar-refractivity contribution in [2.45, 2.75) is 51.8 Å². The van der Waals surface area contributed by atoms with Gasteiger partial charge in [0.2, 0.25) is 0 Å². The third-order valence-electron chi connectivity index (χ3n) is 4.25. The molecule has 2 atom stereocenters. The zero-order valence-electron chi connectivity index (χ0n) is 11.4. The molecule has 0 aliphatic heterocycles. The molecule has 0 bridgehead atoms. The Morgan fingerprint density at radius 2 is 1.82 bits per heavy atom. The summed E-state index contributed by atoms with van der Waals surface area (Å²) in [4.78, 5) is 0.536. The van der Waals surface area contributed by atoms with Gasteiger partial charge in [-0.05, 0) is 47.3 Å². The van der Waals surface area contributed by atoms with Crippen LogP contribution in [0.1, 0.15) is 55.6 Å².